The minimum Gasteiger partial charge on any atom is -0.378 e. The van der Waals surface area contributed by atoms with Gasteiger partial charge in [-0.1, -0.05) is 0 Å². The summed E-state index contributed by atoms with van der Waals surface area (Å²) >= 11 is 0. The second-order valence-electron chi connectivity index (χ2n) is 7.54. The number of hydrogen-bond acceptors (Lipinski definition) is 9. The van der Waals surface area contributed by atoms with Crippen molar-refractivity contribution in [1.29, 1.82) is 0 Å². The first kappa shape index (κ1) is 20.2. The van der Waals surface area contributed by atoms with Crippen molar-refractivity contribution >= 4 is 23.7 Å². The van der Waals surface area contributed by atoms with Gasteiger partial charge in [0.1, 0.15) is 5.82 Å². The Kier molecular flexibility index (Phi) is 5.91. The van der Waals surface area contributed by atoms with Crippen molar-refractivity contribution in [3.63, 3.8) is 0 Å². The lowest BCUT2D eigenvalue weighted by molar-refractivity contribution is 0.122. The van der Waals surface area contributed by atoms with Crippen LogP contribution in [0.1, 0.15) is 5.56 Å². The topological polar surface area (TPSA) is 126 Å². The third-order valence-electron chi connectivity index (χ3n) is 5.13. The van der Waals surface area contributed by atoms with Crippen LogP contribution in [0.5, 0.6) is 0 Å². The fraction of sp³-hybridized carbons (Fsp3) is 0.526. The molecule has 2 aromatic heterocycles. The molecule has 11 nitrogen and oxygen atoms in total. The number of nitrogen functional groups attached to an aromatic ring is 1. The van der Waals surface area contributed by atoms with Crippen LogP contribution in [0.4, 0.5) is 22.5 Å². The number of aromatic nitrogens is 4. The van der Waals surface area contributed by atoms with Gasteiger partial charge in [0, 0.05) is 56.2 Å². The molecule has 0 radical (unpaired) electrons. The van der Waals surface area contributed by atoms with E-state index < -0.39 is 0 Å². The van der Waals surface area contributed by atoms with E-state index in [0.717, 1.165) is 23.4 Å². The Morgan fingerprint density at radius 3 is 2.63 bits per heavy atom. The number of fused-ring (bicyclic) bond motifs is 1. The van der Waals surface area contributed by atoms with Gasteiger partial charge in [0.15, 0.2) is 0 Å². The quantitative estimate of drug-likeness (QED) is 0.696. The molecule has 0 spiro atoms. The standard InChI is InChI=1S/C19H27N9O2/c1-26(2)6-4-21-19(29)28-5-3-14-15(13-11-22-17(20)23-12-13)24-18(25-16(14)28)27-7-9-30-10-8-27/h11-12H,3-10H2,1-2H3,(H,21,29)(H2,20,22,23). The molecule has 3 N–H and O–H groups in total. The highest BCUT2D eigenvalue weighted by molar-refractivity contribution is 5.94. The molecule has 30 heavy (non-hydrogen) atoms. The summed E-state index contributed by atoms with van der Waals surface area (Å²) in [6.45, 7) is 4.52. The predicted octanol–water partition coefficient (Wildman–Crippen LogP) is -0.0139. The third-order valence-corrected chi connectivity index (χ3v) is 5.13. The van der Waals surface area contributed by atoms with Gasteiger partial charge in [-0.15, -0.1) is 0 Å². The van der Waals surface area contributed by atoms with Crippen molar-refractivity contribution in [3.05, 3.63) is 18.0 Å². The molecule has 1 fully saturated rings. The van der Waals surface area contributed by atoms with Crippen LogP contribution in [0.15, 0.2) is 12.4 Å². The van der Waals surface area contributed by atoms with Crippen LogP contribution < -0.4 is 20.9 Å². The maximum atomic E-state index is 12.8. The highest BCUT2D eigenvalue weighted by Gasteiger charge is 2.31. The summed E-state index contributed by atoms with van der Waals surface area (Å²) in [5.74, 6) is 1.43. The Bertz CT molecular complexity index is 898. The molecule has 4 rings (SSSR count). The number of ether oxygens (including phenoxy) is 1. The molecule has 160 valence electrons. The number of nitrogens with zero attached hydrogens (tertiary/aromatic N) is 7. The average Bonchev–Trinajstić information content (AvgIpc) is 3.18. The van der Waals surface area contributed by atoms with E-state index in [2.05, 4.69) is 20.2 Å². The number of nitrogens with two attached hydrogens (primary N) is 1. The van der Waals surface area contributed by atoms with E-state index in [0.29, 0.717) is 57.6 Å². The number of rotatable bonds is 5. The zero-order valence-corrected chi connectivity index (χ0v) is 17.3. The summed E-state index contributed by atoms with van der Waals surface area (Å²) in [5.41, 5.74) is 8.07. The van der Waals surface area contributed by atoms with Crippen molar-refractivity contribution in [2.24, 2.45) is 0 Å². The Hall–Kier alpha value is -3.05. The van der Waals surface area contributed by atoms with Gasteiger partial charge in [-0.25, -0.2) is 19.7 Å². The van der Waals surface area contributed by atoms with Crippen LogP contribution in [0.2, 0.25) is 0 Å². The molecule has 11 heteroatoms. The highest BCUT2D eigenvalue weighted by Crippen LogP contribution is 2.35. The predicted molar refractivity (Wildman–Crippen MR) is 114 cm³/mol. The monoisotopic (exact) mass is 413 g/mol. The van der Waals surface area contributed by atoms with Gasteiger partial charge >= 0.3 is 6.03 Å². The zero-order valence-electron chi connectivity index (χ0n) is 17.3. The molecule has 0 atom stereocenters. The Morgan fingerprint density at radius 1 is 1.20 bits per heavy atom. The summed E-state index contributed by atoms with van der Waals surface area (Å²) in [7, 11) is 3.94. The lowest BCUT2D eigenvalue weighted by Gasteiger charge is -2.28. The van der Waals surface area contributed by atoms with Gasteiger partial charge in [-0.3, -0.25) is 4.90 Å². The lowest BCUT2D eigenvalue weighted by Crippen LogP contribution is -2.42. The normalized spacial score (nSPS) is 16.1. The Labute approximate surface area is 175 Å². The number of likely N-dealkylation sites (N-methyl/N-ethyl adjacent to an activating group) is 1. The first-order valence-electron chi connectivity index (χ1n) is 10.0. The van der Waals surface area contributed by atoms with Gasteiger partial charge in [-0.05, 0) is 20.5 Å². The molecule has 2 aromatic rings. The van der Waals surface area contributed by atoms with Crippen molar-refractivity contribution in [2.75, 3.05) is 75.6 Å². The number of hydrogen-bond donors (Lipinski definition) is 2. The second-order valence-corrected chi connectivity index (χ2v) is 7.54. The highest BCUT2D eigenvalue weighted by atomic mass is 16.5. The van der Waals surface area contributed by atoms with Crippen LogP contribution in [-0.2, 0) is 11.2 Å². The molecule has 2 aliphatic rings. The van der Waals surface area contributed by atoms with Crippen LogP contribution in [0, 0.1) is 0 Å². The van der Waals surface area contributed by atoms with Crippen LogP contribution in [-0.4, -0.2) is 90.9 Å². The number of amides is 2. The van der Waals surface area contributed by atoms with Crippen molar-refractivity contribution < 1.29 is 9.53 Å². The molecular weight excluding hydrogens is 386 g/mol. The van der Waals surface area contributed by atoms with E-state index in [4.69, 9.17) is 20.4 Å². The van der Waals surface area contributed by atoms with E-state index in [1.807, 2.05) is 19.0 Å². The molecule has 4 heterocycles. The largest absolute Gasteiger partial charge is 0.378 e. The van der Waals surface area contributed by atoms with Gasteiger partial charge in [0.05, 0.1) is 18.9 Å². The van der Waals surface area contributed by atoms with Crippen molar-refractivity contribution in [3.8, 4) is 11.3 Å². The van der Waals surface area contributed by atoms with Gasteiger partial charge in [-0.2, -0.15) is 4.98 Å². The van der Waals surface area contributed by atoms with Gasteiger partial charge < -0.3 is 25.6 Å². The summed E-state index contributed by atoms with van der Waals surface area (Å²) in [4.78, 5) is 36.4. The molecule has 0 unspecified atom stereocenters. The summed E-state index contributed by atoms with van der Waals surface area (Å²) in [6, 6.07) is -0.151. The van der Waals surface area contributed by atoms with E-state index in [9.17, 15) is 4.79 Å². The molecule has 1 saturated heterocycles. The Morgan fingerprint density at radius 2 is 1.93 bits per heavy atom. The maximum absolute atomic E-state index is 12.8. The van der Waals surface area contributed by atoms with Gasteiger partial charge in [0.25, 0.3) is 0 Å². The Balaban J connectivity index is 1.68. The van der Waals surface area contributed by atoms with Crippen LogP contribution in [0.25, 0.3) is 11.3 Å². The number of carbonyl (C=O) groups is 1. The lowest BCUT2D eigenvalue weighted by atomic mass is 10.1. The first-order chi connectivity index (χ1) is 14.5. The van der Waals surface area contributed by atoms with E-state index in [1.54, 1.807) is 17.3 Å². The number of morpholine rings is 1. The minimum absolute atomic E-state index is 0.151. The smallest absolute Gasteiger partial charge is 0.323 e. The molecule has 0 aromatic carbocycles. The average molecular weight is 413 g/mol. The number of urea groups is 1. The molecule has 0 bridgehead atoms. The number of carbonyl (C=O) groups excluding carboxylic acids is 1. The molecule has 2 aliphatic heterocycles. The zero-order chi connectivity index (χ0) is 21.1. The molecule has 0 saturated carbocycles. The summed E-state index contributed by atoms with van der Waals surface area (Å²) in [6.07, 6.45) is 3.99. The van der Waals surface area contributed by atoms with Gasteiger partial charge in [0.2, 0.25) is 11.9 Å². The van der Waals surface area contributed by atoms with E-state index in [-0.39, 0.29) is 12.0 Å². The molecule has 0 aliphatic carbocycles. The first-order valence-corrected chi connectivity index (χ1v) is 10.0. The fourth-order valence-corrected chi connectivity index (χ4v) is 3.53. The van der Waals surface area contributed by atoms with E-state index in [1.165, 1.54) is 0 Å². The summed E-state index contributed by atoms with van der Waals surface area (Å²) < 4.78 is 5.46. The number of nitrogens with one attached hydrogen (secondary N) is 1. The van der Waals surface area contributed by atoms with Crippen LogP contribution >= 0.6 is 0 Å². The second kappa shape index (κ2) is 8.76. The molecule has 2 amide bonds. The molecular formula is C19H27N9O2. The fourth-order valence-electron chi connectivity index (χ4n) is 3.53. The third kappa shape index (κ3) is 4.26. The summed E-state index contributed by atoms with van der Waals surface area (Å²) in [5, 5.41) is 2.97. The van der Waals surface area contributed by atoms with Crippen molar-refractivity contribution in [1.82, 2.24) is 30.2 Å². The van der Waals surface area contributed by atoms with Crippen LogP contribution in [0.3, 0.4) is 0 Å². The number of anilines is 3. The minimum atomic E-state index is -0.151. The SMILES string of the molecule is CN(C)CCNC(=O)N1CCc2c(-c3cnc(N)nc3)nc(N3CCOCC3)nc21. The van der Waals surface area contributed by atoms with Crippen molar-refractivity contribution in [2.45, 2.75) is 6.42 Å². The van der Waals surface area contributed by atoms with E-state index >= 15 is 0 Å². The maximum Gasteiger partial charge on any atom is 0.323 e.